The zero-order valence-electron chi connectivity index (χ0n) is 13.8. The van der Waals surface area contributed by atoms with E-state index in [-0.39, 0.29) is 24.1 Å². The number of rotatable bonds is 9. The van der Waals surface area contributed by atoms with Crippen molar-refractivity contribution in [1.29, 1.82) is 0 Å². The molecule has 0 aromatic heterocycles. The molecule has 0 aliphatic carbocycles. The number of halogens is 4. The number of amides is 2. The molecular formula is C16H20F4N4O2. The van der Waals surface area contributed by atoms with Gasteiger partial charge in [-0.2, -0.15) is 13.2 Å². The summed E-state index contributed by atoms with van der Waals surface area (Å²) in [5.74, 6) is -1.71. The smallest absolute Gasteiger partial charge is 0.393 e. The number of primary amides is 1. The molecule has 1 aromatic carbocycles. The predicted octanol–water partition coefficient (Wildman–Crippen LogP) is 2.19. The molecule has 26 heavy (non-hydrogen) atoms. The minimum atomic E-state index is -4.50. The van der Waals surface area contributed by atoms with Gasteiger partial charge in [-0.05, 0) is 43.5 Å². The molecule has 144 valence electrons. The topological polar surface area (TPSA) is 110 Å². The van der Waals surface area contributed by atoms with Gasteiger partial charge in [0.05, 0.1) is 6.67 Å². The molecule has 0 fully saturated rings. The number of carbonyl (C=O) groups is 2. The van der Waals surface area contributed by atoms with Gasteiger partial charge in [-0.25, -0.2) is 0 Å². The van der Waals surface area contributed by atoms with Crippen LogP contribution in [0.5, 0.6) is 0 Å². The van der Waals surface area contributed by atoms with Crippen molar-refractivity contribution in [2.75, 3.05) is 18.5 Å². The van der Waals surface area contributed by atoms with E-state index in [1.807, 2.05) is 0 Å². The van der Waals surface area contributed by atoms with Crippen molar-refractivity contribution in [2.45, 2.75) is 25.4 Å². The van der Waals surface area contributed by atoms with Crippen LogP contribution >= 0.6 is 0 Å². The molecule has 0 saturated carbocycles. The van der Waals surface area contributed by atoms with Crippen molar-refractivity contribution in [3.63, 3.8) is 0 Å². The number of anilines is 1. The molecule has 6 nitrogen and oxygen atoms in total. The summed E-state index contributed by atoms with van der Waals surface area (Å²) in [6, 6.07) is 5.50. The second-order valence-corrected chi connectivity index (χ2v) is 5.40. The summed E-state index contributed by atoms with van der Waals surface area (Å²) >= 11 is 0. The van der Waals surface area contributed by atoms with E-state index in [9.17, 15) is 27.2 Å². The number of hydrogen-bond acceptors (Lipinski definition) is 4. The van der Waals surface area contributed by atoms with E-state index in [4.69, 9.17) is 11.5 Å². The summed E-state index contributed by atoms with van der Waals surface area (Å²) in [6.07, 6.45) is -3.49. The average Bonchev–Trinajstić information content (AvgIpc) is 2.58. The first-order valence-electron chi connectivity index (χ1n) is 7.70. The number of alkyl halides is 4. The van der Waals surface area contributed by atoms with Gasteiger partial charge in [0.2, 0.25) is 0 Å². The van der Waals surface area contributed by atoms with Crippen LogP contribution in [0.1, 0.15) is 29.6 Å². The number of allylic oxidation sites excluding steroid dienone is 1. The van der Waals surface area contributed by atoms with Gasteiger partial charge >= 0.3 is 6.18 Å². The Hall–Kier alpha value is -2.78. The standard InChI is InChI=1S/C16H20F4N4O2/c17-8-2-1-3-12(13(21)14(22)25)24-11-6-4-10(5-7-11)15(26)23-9-16(18,19)20/h4-7,24H,1-3,8-9,21H2,(H2,22,25)(H,23,26)/b13-12-. The van der Waals surface area contributed by atoms with Crippen LogP contribution < -0.4 is 22.1 Å². The highest BCUT2D eigenvalue weighted by molar-refractivity contribution is 5.94. The number of nitrogens with one attached hydrogen (secondary N) is 2. The molecular weight excluding hydrogens is 356 g/mol. The van der Waals surface area contributed by atoms with Crippen molar-refractivity contribution in [1.82, 2.24) is 5.32 Å². The maximum Gasteiger partial charge on any atom is 0.405 e. The molecule has 0 saturated heterocycles. The van der Waals surface area contributed by atoms with Crippen molar-refractivity contribution < 1.29 is 27.2 Å². The Morgan fingerprint density at radius 1 is 1.04 bits per heavy atom. The van der Waals surface area contributed by atoms with Crippen LogP contribution in [0.3, 0.4) is 0 Å². The minimum absolute atomic E-state index is 0.0330. The molecule has 6 N–H and O–H groups in total. The largest absolute Gasteiger partial charge is 0.405 e. The molecule has 2 amide bonds. The van der Waals surface area contributed by atoms with E-state index >= 15 is 0 Å². The molecule has 1 aromatic rings. The minimum Gasteiger partial charge on any atom is -0.393 e. The first-order chi connectivity index (χ1) is 12.1. The van der Waals surface area contributed by atoms with Gasteiger partial charge in [-0.1, -0.05) is 0 Å². The first-order valence-corrected chi connectivity index (χ1v) is 7.70. The van der Waals surface area contributed by atoms with E-state index in [1.165, 1.54) is 24.3 Å². The Bertz CT molecular complexity index is 657. The van der Waals surface area contributed by atoms with Gasteiger partial charge in [0.25, 0.3) is 11.8 Å². The number of nitrogens with two attached hydrogens (primary N) is 2. The van der Waals surface area contributed by atoms with Gasteiger partial charge in [-0.15, -0.1) is 0 Å². The summed E-state index contributed by atoms with van der Waals surface area (Å²) in [5, 5.41) is 4.62. The molecule has 0 unspecified atom stereocenters. The summed E-state index contributed by atoms with van der Waals surface area (Å²) in [5.41, 5.74) is 11.4. The van der Waals surface area contributed by atoms with Gasteiger partial charge < -0.3 is 22.1 Å². The summed E-state index contributed by atoms with van der Waals surface area (Å²) in [6.45, 7) is -1.94. The van der Waals surface area contributed by atoms with Gasteiger partial charge in [-0.3, -0.25) is 14.0 Å². The van der Waals surface area contributed by atoms with Crippen LogP contribution in [-0.2, 0) is 4.79 Å². The van der Waals surface area contributed by atoms with E-state index < -0.39 is 31.2 Å². The van der Waals surface area contributed by atoms with Gasteiger partial charge in [0.1, 0.15) is 12.2 Å². The molecule has 0 spiro atoms. The van der Waals surface area contributed by atoms with Gasteiger partial charge in [0.15, 0.2) is 0 Å². The van der Waals surface area contributed by atoms with E-state index in [0.717, 1.165) is 0 Å². The fourth-order valence-corrected chi connectivity index (χ4v) is 1.97. The zero-order valence-corrected chi connectivity index (χ0v) is 13.8. The van der Waals surface area contributed by atoms with Crippen molar-refractivity contribution in [2.24, 2.45) is 11.5 Å². The number of carbonyl (C=O) groups excluding carboxylic acids is 2. The predicted molar refractivity (Wildman–Crippen MR) is 88.7 cm³/mol. The maximum atomic E-state index is 12.2. The van der Waals surface area contributed by atoms with E-state index in [0.29, 0.717) is 17.8 Å². The Kier molecular flexibility index (Phi) is 7.88. The molecule has 1 rings (SSSR count). The Morgan fingerprint density at radius 3 is 2.15 bits per heavy atom. The molecule has 0 aliphatic heterocycles. The SMILES string of the molecule is NC(=O)/C(N)=C(\CCCCF)Nc1ccc(C(=O)NCC(F)(F)F)cc1. The van der Waals surface area contributed by atoms with E-state index in [1.54, 1.807) is 5.32 Å². The highest BCUT2D eigenvalue weighted by Gasteiger charge is 2.27. The molecule has 0 heterocycles. The average molecular weight is 376 g/mol. The Morgan fingerprint density at radius 2 is 1.65 bits per heavy atom. The number of hydrogen-bond donors (Lipinski definition) is 4. The van der Waals surface area contributed by atoms with Crippen LogP contribution in [0.4, 0.5) is 23.2 Å². The lowest BCUT2D eigenvalue weighted by Crippen LogP contribution is -2.33. The van der Waals surface area contributed by atoms with Crippen molar-refractivity contribution >= 4 is 17.5 Å². The van der Waals surface area contributed by atoms with Crippen molar-refractivity contribution in [3.05, 3.63) is 41.2 Å². The summed E-state index contributed by atoms with van der Waals surface area (Å²) < 4.78 is 48.5. The fraction of sp³-hybridized carbons (Fsp3) is 0.375. The maximum absolute atomic E-state index is 12.2. The third-order valence-corrected chi connectivity index (χ3v) is 3.29. The van der Waals surface area contributed by atoms with Crippen LogP contribution in [0.2, 0.25) is 0 Å². The monoisotopic (exact) mass is 376 g/mol. The zero-order chi connectivity index (χ0) is 19.7. The highest BCUT2D eigenvalue weighted by atomic mass is 19.4. The lowest BCUT2D eigenvalue weighted by molar-refractivity contribution is -0.123. The fourth-order valence-electron chi connectivity index (χ4n) is 1.97. The highest BCUT2D eigenvalue weighted by Crippen LogP contribution is 2.18. The Labute approximate surface area is 147 Å². The van der Waals surface area contributed by atoms with E-state index in [2.05, 4.69) is 5.32 Å². The molecule has 10 heteroatoms. The van der Waals surface area contributed by atoms with Crippen molar-refractivity contribution in [3.8, 4) is 0 Å². The lowest BCUT2D eigenvalue weighted by Gasteiger charge is -2.14. The third-order valence-electron chi connectivity index (χ3n) is 3.29. The second kappa shape index (κ2) is 9.64. The second-order valence-electron chi connectivity index (χ2n) is 5.40. The van der Waals surface area contributed by atoms with Crippen LogP contribution in [-0.4, -0.2) is 31.2 Å². The Balaban J connectivity index is 2.80. The molecule has 0 radical (unpaired) electrons. The first kappa shape index (κ1) is 21.3. The van der Waals surface area contributed by atoms with Crippen LogP contribution in [0, 0.1) is 0 Å². The molecule has 0 aliphatic rings. The van der Waals surface area contributed by atoms with Crippen LogP contribution in [0.25, 0.3) is 0 Å². The normalized spacial score (nSPS) is 12.3. The molecule has 0 atom stereocenters. The third kappa shape index (κ3) is 7.41. The number of unbranched alkanes of at least 4 members (excludes halogenated alkanes) is 1. The molecule has 0 bridgehead atoms. The van der Waals surface area contributed by atoms with Crippen LogP contribution in [0.15, 0.2) is 35.7 Å². The summed E-state index contributed by atoms with van der Waals surface area (Å²) in [4.78, 5) is 22.9. The van der Waals surface area contributed by atoms with Gasteiger partial charge in [0, 0.05) is 16.9 Å². The lowest BCUT2D eigenvalue weighted by atomic mass is 10.1. The quantitative estimate of drug-likeness (QED) is 0.301. The number of benzene rings is 1. The summed E-state index contributed by atoms with van der Waals surface area (Å²) in [7, 11) is 0.